The zero-order valence-electron chi connectivity index (χ0n) is 17.0. The van der Waals surface area contributed by atoms with Gasteiger partial charge in [0.2, 0.25) is 5.95 Å². The highest BCUT2D eigenvalue weighted by atomic mass is 16.2. The molecule has 5 N–H and O–H groups in total. The summed E-state index contributed by atoms with van der Waals surface area (Å²) in [6, 6.07) is 6.16. The van der Waals surface area contributed by atoms with E-state index in [0.717, 1.165) is 42.4 Å². The van der Waals surface area contributed by atoms with Gasteiger partial charge in [-0.15, -0.1) is 0 Å². The van der Waals surface area contributed by atoms with E-state index in [0.29, 0.717) is 18.1 Å². The lowest BCUT2D eigenvalue weighted by atomic mass is 10.1. The van der Waals surface area contributed by atoms with Gasteiger partial charge in [0.1, 0.15) is 0 Å². The number of nitrogens with one attached hydrogen (secondary N) is 1. The van der Waals surface area contributed by atoms with E-state index in [1.807, 2.05) is 30.1 Å². The molecule has 1 unspecified atom stereocenters. The van der Waals surface area contributed by atoms with E-state index in [1.165, 1.54) is 5.01 Å². The first-order valence-corrected chi connectivity index (χ1v) is 10.2. The number of dihydropyridines is 1. The third kappa shape index (κ3) is 3.78. The lowest BCUT2D eigenvalue weighted by Crippen LogP contribution is -2.42. The van der Waals surface area contributed by atoms with E-state index >= 15 is 0 Å². The Labute approximate surface area is 170 Å². The van der Waals surface area contributed by atoms with Crippen LogP contribution in [-0.2, 0) is 4.79 Å². The SMILES string of the molecule is Cc1cccc2nc(N(N)C(=O)C3=CC(C)NC=C3)n([C@@H]3CCCCN(N)C3)c12. The molecule has 0 radical (unpaired) electrons. The van der Waals surface area contributed by atoms with Gasteiger partial charge >= 0.3 is 0 Å². The molecule has 4 rings (SSSR count). The van der Waals surface area contributed by atoms with E-state index in [4.69, 9.17) is 16.7 Å². The Morgan fingerprint density at radius 3 is 2.97 bits per heavy atom. The zero-order chi connectivity index (χ0) is 20.5. The minimum Gasteiger partial charge on any atom is -0.385 e. The van der Waals surface area contributed by atoms with Crippen LogP contribution in [0.1, 0.15) is 37.8 Å². The van der Waals surface area contributed by atoms with Crippen molar-refractivity contribution in [1.29, 1.82) is 0 Å². The molecule has 2 atom stereocenters. The van der Waals surface area contributed by atoms with Gasteiger partial charge in [0.25, 0.3) is 5.91 Å². The van der Waals surface area contributed by atoms with E-state index in [-0.39, 0.29) is 18.0 Å². The number of imidazole rings is 1. The Hall–Kier alpha value is -2.68. The van der Waals surface area contributed by atoms with Crippen LogP contribution < -0.4 is 22.0 Å². The molecule has 2 aliphatic heterocycles. The van der Waals surface area contributed by atoms with Crippen LogP contribution in [0.4, 0.5) is 5.95 Å². The number of nitrogens with two attached hydrogens (primary N) is 2. The summed E-state index contributed by atoms with van der Waals surface area (Å²) in [6.45, 7) is 5.60. The molecule has 0 saturated carbocycles. The van der Waals surface area contributed by atoms with Gasteiger partial charge < -0.3 is 9.88 Å². The summed E-state index contributed by atoms with van der Waals surface area (Å²) in [6.07, 6.45) is 8.48. The number of rotatable bonds is 3. The van der Waals surface area contributed by atoms with Gasteiger partial charge in [-0.05, 0) is 56.7 Å². The minimum atomic E-state index is -0.276. The first-order chi connectivity index (χ1) is 14.0. The molecular formula is C21H29N7O. The Bertz CT molecular complexity index is 977. The molecule has 3 heterocycles. The summed E-state index contributed by atoms with van der Waals surface area (Å²) in [4.78, 5) is 17.9. The van der Waals surface area contributed by atoms with Gasteiger partial charge in [-0.1, -0.05) is 18.6 Å². The van der Waals surface area contributed by atoms with Crippen molar-refractivity contribution in [3.8, 4) is 0 Å². The molecule has 2 aromatic rings. The number of fused-ring (bicyclic) bond motifs is 1. The molecule has 8 heteroatoms. The second-order valence-electron chi connectivity index (χ2n) is 7.95. The Morgan fingerprint density at radius 1 is 1.34 bits per heavy atom. The van der Waals surface area contributed by atoms with Crippen molar-refractivity contribution < 1.29 is 4.79 Å². The van der Waals surface area contributed by atoms with Gasteiger partial charge in [-0.3, -0.25) is 10.6 Å². The molecule has 1 aromatic heterocycles. The predicted molar refractivity (Wildman–Crippen MR) is 115 cm³/mol. The molecule has 154 valence electrons. The van der Waals surface area contributed by atoms with Gasteiger partial charge in [-0.25, -0.2) is 20.8 Å². The molecule has 0 aliphatic carbocycles. The van der Waals surface area contributed by atoms with Crippen molar-refractivity contribution in [2.24, 2.45) is 11.7 Å². The summed E-state index contributed by atoms with van der Waals surface area (Å²) < 4.78 is 2.11. The second kappa shape index (κ2) is 7.98. The number of hydrazine groups is 2. The number of aryl methyl sites for hydroxylation is 1. The lowest BCUT2D eigenvalue weighted by Gasteiger charge is -2.27. The standard InChI is InChI=1S/C21H29N7O/c1-14-6-5-8-18-19(14)27(17-7-3-4-11-26(22)13-17)21(25-18)28(23)20(29)16-9-10-24-15(2)12-16/h5-6,8-10,12,15,17,24H,3-4,7,11,13,22-23H2,1-2H3/t15?,17-/m1/s1. The molecule has 2 aliphatic rings. The lowest BCUT2D eigenvalue weighted by molar-refractivity contribution is -0.115. The summed E-state index contributed by atoms with van der Waals surface area (Å²) in [5.74, 6) is 12.7. The van der Waals surface area contributed by atoms with Crippen molar-refractivity contribution >= 4 is 22.9 Å². The number of carbonyl (C=O) groups is 1. The number of benzene rings is 1. The fourth-order valence-electron chi connectivity index (χ4n) is 4.22. The summed E-state index contributed by atoms with van der Waals surface area (Å²) in [5.41, 5.74) is 3.49. The number of nitrogens with zero attached hydrogens (tertiary/aromatic N) is 4. The molecule has 8 nitrogen and oxygen atoms in total. The maximum Gasteiger partial charge on any atom is 0.274 e. The summed E-state index contributed by atoms with van der Waals surface area (Å²) in [5, 5.41) is 6.18. The van der Waals surface area contributed by atoms with Crippen molar-refractivity contribution in [3.05, 3.63) is 47.7 Å². The van der Waals surface area contributed by atoms with Crippen LogP contribution in [0, 0.1) is 6.92 Å². The minimum absolute atomic E-state index is 0.0704. The monoisotopic (exact) mass is 395 g/mol. The van der Waals surface area contributed by atoms with E-state index in [2.05, 4.69) is 22.9 Å². The number of carbonyl (C=O) groups excluding carboxylic acids is 1. The Kier molecular flexibility index (Phi) is 5.40. The highest BCUT2D eigenvalue weighted by molar-refractivity contribution is 6.06. The fraction of sp³-hybridized carbons (Fsp3) is 0.429. The largest absolute Gasteiger partial charge is 0.385 e. The zero-order valence-corrected chi connectivity index (χ0v) is 17.0. The number of aromatic nitrogens is 2. The van der Waals surface area contributed by atoms with Crippen LogP contribution in [0.25, 0.3) is 11.0 Å². The van der Waals surface area contributed by atoms with E-state index < -0.39 is 0 Å². The van der Waals surface area contributed by atoms with Gasteiger partial charge in [0, 0.05) is 24.7 Å². The van der Waals surface area contributed by atoms with E-state index in [9.17, 15) is 4.79 Å². The van der Waals surface area contributed by atoms with Gasteiger partial charge in [0.05, 0.1) is 17.1 Å². The number of hydrogen-bond donors (Lipinski definition) is 3. The molecule has 0 spiro atoms. The first kappa shape index (κ1) is 19.6. The maximum absolute atomic E-state index is 13.1. The average molecular weight is 396 g/mol. The van der Waals surface area contributed by atoms with Crippen LogP contribution in [0.5, 0.6) is 0 Å². The van der Waals surface area contributed by atoms with Crippen molar-refractivity contribution in [2.45, 2.75) is 45.2 Å². The third-order valence-electron chi connectivity index (χ3n) is 5.67. The fourth-order valence-corrected chi connectivity index (χ4v) is 4.22. The molecular weight excluding hydrogens is 366 g/mol. The summed E-state index contributed by atoms with van der Waals surface area (Å²) >= 11 is 0. The molecule has 1 aromatic carbocycles. The Morgan fingerprint density at radius 2 is 2.17 bits per heavy atom. The molecule has 1 fully saturated rings. The topological polar surface area (TPSA) is 105 Å². The van der Waals surface area contributed by atoms with Crippen LogP contribution in [0.2, 0.25) is 0 Å². The van der Waals surface area contributed by atoms with Crippen LogP contribution in [0.15, 0.2) is 42.1 Å². The van der Waals surface area contributed by atoms with Crippen molar-refractivity contribution in [2.75, 3.05) is 18.1 Å². The van der Waals surface area contributed by atoms with Gasteiger partial charge in [0.15, 0.2) is 0 Å². The number of para-hydroxylation sites is 1. The van der Waals surface area contributed by atoms with Crippen LogP contribution in [0.3, 0.4) is 0 Å². The summed E-state index contributed by atoms with van der Waals surface area (Å²) in [7, 11) is 0. The van der Waals surface area contributed by atoms with Crippen LogP contribution in [-0.4, -0.2) is 39.6 Å². The van der Waals surface area contributed by atoms with Crippen molar-refractivity contribution in [1.82, 2.24) is 19.9 Å². The first-order valence-electron chi connectivity index (χ1n) is 10.2. The second-order valence-corrected chi connectivity index (χ2v) is 7.95. The Balaban J connectivity index is 1.80. The molecule has 1 saturated heterocycles. The third-order valence-corrected chi connectivity index (χ3v) is 5.67. The number of amides is 1. The number of anilines is 1. The molecule has 0 bridgehead atoms. The quantitative estimate of drug-likeness (QED) is 0.416. The smallest absolute Gasteiger partial charge is 0.274 e. The predicted octanol–water partition coefficient (Wildman–Crippen LogP) is 1.88. The van der Waals surface area contributed by atoms with Gasteiger partial charge in [-0.2, -0.15) is 0 Å². The van der Waals surface area contributed by atoms with Crippen molar-refractivity contribution in [3.63, 3.8) is 0 Å². The molecule has 29 heavy (non-hydrogen) atoms. The highest BCUT2D eigenvalue weighted by Gasteiger charge is 2.29. The average Bonchev–Trinajstić information content (AvgIpc) is 2.97. The maximum atomic E-state index is 13.1. The number of hydrogen-bond acceptors (Lipinski definition) is 6. The normalized spacial score (nSPS) is 22.8. The highest BCUT2D eigenvalue weighted by Crippen LogP contribution is 2.32. The van der Waals surface area contributed by atoms with Crippen LogP contribution >= 0.6 is 0 Å². The van der Waals surface area contributed by atoms with E-state index in [1.54, 1.807) is 12.3 Å². The molecule has 1 amide bonds.